The van der Waals surface area contributed by atoms with Crippen molar-refractivity contribution in [3.8, 4) is 0 Å². The number of aromatic carboxylic acids is 1. The summed E-state index contributed by atoms with van der Waals surface area (Å²) in [6.45, 7) is 0. The van der Waals surface area contributed by atoms with Crippen LogP contribution in [0.2, 0.25) is 0 Å². The van der Waals surface area contributed by atoms with Crippen LogP contribution >= 0.6 is 0 Å². The van der Waals surface area contributed by atoms with Gasteiger partial charge < -0.3 is 5.11 Å². The average Bonchev–Trinajstić information content (AvgIpc) is 2.28. The summed E-state index contributed by atoms with van der Waals surface area (Å²) < 4.78 is 0. The van der Waals surface area contributed by atoms with Gasteiger partial charge in [0.15, 0.2) is 5.69 Å². The van der Waals surface area contributed by atoms with Crippen LogP contribution in [-0.2, 0) is 4.79 Å². The molecule has 0 aliphatic carbocycles. The Morgan fingerprint density at radius 3 is 2.28 bits per heavy atom. The molecule has 0 aliphatic heterocycles. The monoisotopic (exact) mass is 253 g/mol. The molecule has 1 rings (SSSR count). The molecule has 0 aliphatic rings. The minimum absolute atomic E-state index is 0.516. The fourth-order valence-corrected chi connectivity index (χ4v) is 1.18. The standard InChI is InChI=1S/C8H3N3O7/c12-3-9-7-5(8(13)14)1-4(10(15)16)2-6(7)11(17)18/h1-2H,(H,13,14). The Morgan fingerprint density at radius 2 is 1.89 bits per heavy atom. The second-order valence-corrected chi connectivity index (χ2v) is 2.88. The molecular weight excluding hydrogens is 250 g/mol. The van der Waals surface area contributed by atoms with Crippen molar-refractivity contribution in [3.63, 3.8) is 0 Å². The maximum atomic E-state index is 10.8. The number of non-ortho nitro benzene ring substituents is 1. The van der Waals surface area contributed by atoms with Crippen molar-refractivity contribution < 1.29 is 24.5 Å². The minimum Gasteiger partial charge on any atom is -0.478 e. The topological polar surface area (TPSA) is 153 Å². The minimum atomic E-state index is -1.68. The maximum Gasteiger partial charge on any atom is 0.338 e. The molecule has 1 N–H and O–H groups in total. The third-order valence-electron chi connectivity index (χ3n) is 1.87. The second-order valence-electron chi connectivity index (χ2n) is 2.88. The van der Waals surface area contributed by atoms with Crippen LogP contribution in [0.5, 0.6) is 0 Å². The van der Waals surface area contributed by atoms with Gasteiger partial charge in [-0.2, -0.15) is 4.99 Å². The first-order valence-corrected chi connectivity index (χ1v) is 4.16. The molecule has 0 spiro atoms. The smallest absolute Gasteiger partial charge is 0.338 e. The zero-order valence-electron chi connectivity index (χ0n) is 8.39. The highest BCUT2D eigenvalue weighted by molar-refractivity contribution is 5.97. The van der Waals surface area contributed by atoms with Crippen LogP contribution < -0.4 is 0 Å². The van der Waals surface area contributed by atoms with E-state index in [1.54, 1.807) is 0 Å². The van der Waals surface area contributed by atoms with Gasteiger partial charge in [-0.25, -0.2) is 9.59 Å². The van der Waals surface area contributed by atoms with Crippen molar-refractivity contribution in [2.45, 2.75) is 0 Å². The number of carbonyl (C=O) groups excluding carboxylic acids is 1. The highest BCUT2D eigenvalue weighted by Gasteiger charge is 2.27. The first-order valence-electron chi connectivity index (χ1n) is 4.16. The highest BCUT2D eigenvalue weighted by Crippen LogP contribution is 2.35. The van der Waals surface area contributed by atoms with Gasteiger partial charge in [-0.05, 0) is 0 Å². The molecule has 0 heterocycles. The number of hydrogen-bond acceptors (Lipinski definition) is 7. The maximum absolute atomic E-state index is 10.8. The molecule has 0 saturated carbocycles. The van der Waals surface area contributed by atoms with Gasteiger partial charge in [0.05, 0.1) is 21.5 Å². The van der Waals surface area contributed by atoms with E-state index in [-0.39, 0.29) is 0 Å². The Hall–Kier alpha value is -3.13. The Balaban J connectivity index is 3.76. The van der Waals surface area contributed by atoms with Gasteiger partial charge in [0.25, 0.3) is 5.69 Å². The summed E-state index contributed by atoms with van der Waals surface area (Å²) in [6, 6.07) is 1.09. The Kier molecular flexibility index (Phi) is 3.45. The molecule has 92 valence electrons. The van der Waals surface area contributed by atoms with E-state index < -0.39 is 38.4 Å². The molecule has 0 fully saturated rings. The fourth-order valence-electron chi connectivity index (χ4n) is 1.18. The van der Waals surface area contributed by atoms with Gasteiger partial charge in [-0.1, -0.05) is 0 Å². The molecule has 0 amide bonds. The molecule has 0 atom stereocenters. The summed E-state index contributed by atoms with van der Waals surface area (Å²) in [7, 11) is 0. The molecule has 0 radical (unpaired) electrons. The van der Waals surface area contributed by atoms with Gasteiger partial charge >= 0.3 is 11.7 Å². The zero-order chi connectivity index (χ0) is 13.9. The van der Waals surface area contributed by atoms with Crippen LogP contribution in [0.15, 0.2) is 17.1 Å². The highest BCUT2D eigenvalue weighted by atomic mass is 16.6. The lowest BCUT2D eigenvalue weighted by Gasteiger charge is -2.01. The summed E-state index contributed by atoms with van der Waals surface area (Å²) in [6.07, 6.45) is 0.961. The number of rotatable bonds is 4. The summed E-state index contributed by atoms with van der Waals surface area (Å²) in [5.74, 6) is -1.68. The molecule has 1 aromatic carbocycles. The molecule has 10 heteroatoms. The van der Waals surface area contributed by atoms with Crippen molar-refractivity contribution >= 4 is 29.1 Å². The number of carbonyl (C=O) groups is 1. The van der Waals surface area contributed by atoms with E-state index in [0.717, 1.165) is 6.08 Å². The number of hydrogen-bond donors (Lipinski definition) is 1. The van der Waals surface area contributed by atoms with E-state index >= 15 is 0 Å². The van der Waals surface area contributed by atoms with Crippen molar-refractivity contribution in [1.29, 1.82) is 0 Å². The summed E-state index contributed by atoms with van der Waals surface area (Å²) >= 11 is 0. The van der Waals surface area contributed by atoms with Gasteiger partial charge in [0.1, 0.15) is 0 Å². The third-order valence-corrected chi connectivity index (χ3v) is 1.87. The molecule has 0 aromatic heterocycles. The fraction of sp³-hybridized carbons (Fsp3) is 0. The van der Waals surface area contributed by atoms with Gasteiger partial charge in [0, 0.05) is 6.07 Å². The third kappa shape index (κ3) is 2.33. The van der Waals surface area contributed by atoms with E-state index in [1.807, 2.05) is 0 Å². The van der Waals surface area contributed by atoms with Gasteiger partial charge in [0.2, 0.25) is 6.08 Å². The average molecular weight is 253 g/mol. The predicted molar refractivity (Wildman–Crippen MR) is 54.5 cm³/mol. The summed E-state index contributed by atoms with van der Waals surface area (Å²) in [4.78, 5) is 42.9. The Bertz CT molecular complexity index is 568. The molecule has 10 nitrogen and oxygen atoms in total. The van der Waals surface area contributed by atoms with E-state index in [1.165, 1.54) is 0 Å². The van der Waals surface area contributed by atoms with Crippen molar-refractivity contribution in [1.82, 2.24) is 0 Å². The molecule has 0 unspecified atom stereocenters. The molecule has 0 bridgehead atoms. The largest absolute Gasteiger partial charge is 0.478 e. The number of nitro benzene ring substituents is 2. The van der Waals surface area contributed by atoms with Crippen molar-refractivity contribution in [2.75, 3.05) is 0 Å². The van der Waals surface area contributed by atoms with Crippen LogP contribution in [0.4, 0.5) is 17.1 Å². The van der Waals surface area contributed by atoms with E-state index in [0.29, 0.717) is 12.1 Å². The normalized spacial score (nSPS) is 9.33. The predicted octanol–water partition coefficient (Wildman–Crippen LogP) is 1.17. The van der Waals surface area contributed by atoms with Crippen LogP contribution in [0.25, 0.3) is 0 Å². The molecule has 18 heavy (non-hydrogen) atoms. The number of benzene rings is 1. The second kappa shape index (κ2) is 4.80. The number of nitrogens with zero attached hydrogens (tertiary/aromatic N) is 3. The Labute approximate surface area is 97.5 Å². The van der Waals surface area contributed by atoms with E-state index in [9.17, 15) is 29.8 Å². The number of aliphatic imine (C=N–C) groups is 1. The van der Waals surface area contributed by atoms with E-state index in [2.05, 4.69) is 4.99 Å². The molecular formula is C8H3N3O7. The number of nitro groups is 2. The van der Waals surface area contributed by atoms with Gasteiger partial charge in [-0.3, -0.25) is 20.2 Å². The van der Waals surface area contributed by atoms with Crippen molar-refractivity contribution in [3.05, 3.63) is 37.9 Å². The van der Waals surface area contributed by atoms with Crippen LogP contribution in [0.1, 0.15) is 10.4 Å². The summed E-state index contributed by atoms with van der Waals surface area (Å²) in [5.41, 5.74) is -3.35. The number of carboxylic acids is 1. The molecule has 0 saturated heterocycles. The van der Waals surface area contributed by atoms with E-state index in [4.69, 9.17) is 5.11 Å². The first kappa shape index (κ1) is 12.9. The molecule has 1 aromatic rings. The zero-order valence-corrected chi connectivity index (χ0v) is 8.39. The SMILES string of the molecule is O=C=Nc1c(C(=O)O)cc([N+](=O)[O-])cc1[N+](=O)[O-]. The lowest BCUT2D eigenvalue weighted by molar-refractivity contribution is -0.393. The van der Waals surface area contributed by atoms with Crippen LogP contribution in [-0.4, -0.2) is 27.0 Å². The van der Waals surface area contributed by atoms with Crippen LogP contribution in [0, 0.1) is 20.2 Å². The number of carboxylic acid groups (broad SMARTS) is 1. The van der Waals surface area contributed by atoms with Crippen molar-refractivity contribution in [2.24, 2.45) is 4.99 Å². The first-order chi connectivity index (χ1) is 8.38. The Morgan fingerprint density at radius 1 is 1.28 bits per heavy atom. The van der Waals surface area contributed by atoms with Gasteiger partial charge in [-0.15, -0.1) is 0 Å². The summed E-state index contributed by atoms with van der Waals surface area (Å²) in [5, 5.41) is 29.9. The lowest BCUT2D eigenvalue weighted by atomic mass is 10.1. The number of isocyanates is 1. The lowest BCUT2D eigenvalue weighted by Crippen LogP contribution is -2.02. The quantitative estimate of drug-likeness (QED) is 0.365. The van der Waals surface area contributed by atoms with Crippen LogP contribution in [0.3, 0.4) is 0 Å².